The van der Waals surface area contributed by atoms with Gasteiger partial charge in [-0.1, -0.05) is 12.2 Å². The molecule has 100 valence electrons. The molecule has 0 aliphatic heterocycles. The SMILES string of the molecule is Cc1ccc(C(N)=S)c(Oc2c(C)nn(C)c2C)n1. The van der Waals surface area contributed by atoms with Gasteiger partial charge in [-0.15, -0.1) is 0 Å². The molecule has 5 nitrogen and oxygen atoms in total. The zero-order valence-corrected chi connectivity index (χ0v) is 12.2. The molecule has 2 aromatic rings. The standard InChI is InChI=1S/C13H16N4OS/c1-7-5-6-10(12(14)19)13(15-7)18-11-8(2)16-17(4)9(11)3/h5-6H,1-4H3,(H2,14,19). The number of hydrogen-bond donors (Lipinski definition) is 1. The summed E-state index contributed by atoms with van der Waals surface area (Å²) >= 11 is 5.02. The van der Waals surface area contributed by atoms with E-state index in [1.165, 1.54) is 0 Å². The Morgan fingerprint density at radius 1 is 1.32 bits per heavy atom. The molecule has 0 bridgehead atoms. The molecule has 0 aliphatic carbocycles. The van der Waals surface area contributed by atoms with E-state index in [1.807, 2.05) is 40.0 Å². The van der Waals surface area contributed by atoms with Gasteiger partial charge in [0.1, 0.15) is 10.7 Å². The summed E-state index contributed by atoms with van der Waals surface area (Å²) in [7, 11) is 1.87. The largest absolute Gasteiger partial charge is 0.434 e. The van der Waals surface area contributed by atoms with Crippen LogP contribution in [0.25, 0.3) is 0 Å². The predicted octanol–water partition coefficient (Wildman–Crippen LogP) is 2.17. The van der Waals surface area contributed by atoms with Crippen LogP contribution >= 0.6 is 12.2 Å². The molecule has 2 rings (SSSR count). The van der Waals surface area contributed by atoms with Crippen molar-refractivity contribution in [1.29, 1.82) is 0 Å². The molecular weight excluding hydrogens is 260 g/mol. The first-order valence-corrected chi connectivity index (χ1v) is 6.26. The highest BCUT2D eigenvalue weighted by Crippen LogP contribution is 2.29. The molecule has 0 atom stereocenters. The number of aryl methyl sites for hydroxylation is 3. The number of ether oxygens (including phenoxy) is 1. The Kier molecular flexibility index (Phi) is 3.53. The van der Waals surface area contributed by atoms with Gasteiger partial charge in [0.05, 0.1) is 11.3 Å². The van der Waals surface area contributed by atoms with Crippen LogP contribution in [0.1, 0.15) is 22.6 Å². The van der Waals surface area contributed by atoms with Gasteiger partial charge >= 0.3 is 0 Å². The number of hydrogen-bond acceptors (Lipinski definition) is 4. The normalized spacial score (nSPS) is 10.5. The maximum atomic E-state index is 5.87. The Hall–Kier alpha value is -1.95. The summed E-state index contributed by atoms with van der Waals surface area (Å²) in [5, 5.41) is 4.30. The minimum absolute atomic E-state index is 0.265. The van der Waals surface area contributed by atoms with Gasteiger partial charge in [0.2, 0.25) is 5.88 Å². The molecule has 0 amide bonds. The molecule has 0 radical (unpaired) electrons. The molecule has 0 aromatic carbocycles. The lowest BCUT2D eigenvalue weighted by molar-refractivity contribution is 0.453. The van der Waals surface area contributed by atoms with Crippen LogP contribution in [0.15, 0.2) is 12.1 Å². The first kappa shape index (κ1) is 13.5. The summed E-state index contributed by atoms with van der Waals surface area (Å²) in [6.45, 7) is 5.71. The van der Waals surface area contributed by atoms with Crippen molar-refractivity contribution in [3.63, 3.8) is 0 Å². The van der Waals surface area contributed by atoms with Crippen molar-refractivity contribution >= 4 is 17.2 Å². The van der Waals surface area contributed by atoms with Crippen LogP contribution in [-0.2, 0) is 7.05 Å². The van der Waals surface area contributed by atoms with Crippen LogP contribution in [0.2, 0.25) is 0 Å². The second kappa shape index (κ2) is 4.97. The van der Waals surface area contributed by atoms with Crippen molar-refractivity contribution in [2.24, 2.45) is 12.8 Å². The Morgan fingerprint density at radius 2 is 2.00 bits per heavy atom. The molecule has 2 aromatic heterocycles. The Bertz CT molecular complexity index is 648. The van der Waals surface area contributed by atoms with E-state index in [1.54, 1.807) is 4.68 Å². The third-order valence-corrected chi connectivity index (χ3v) is 3.13. The van der Waals surface area contributed by atoms with E-state index in [9.17, 15) is 0 Å². The smallest absolute Gasteiger partial charge is 0.229 e. The molecule has 19 heavy (non-hydrogen) atoms. The highest BCUT2D eigenvalue weighted by atomic mass is 32.1. The number of nitrogens with two attached hydrogens (primary N) is 1. The molecule has 0 aliphatic rings. The number of thiocarbonyl (C=S) groups is 1. The van der Waals surface area contributed by atoms with E-state index < -0.39 is 0 Å². The van der Waals surface area contributed by atoms with Crippen LogP contribution < -0.4 is 10.5 Å². The fourth-order valence-electron chi connectivity index (χ4n) is 1.80. The van der Waals surface area contributed by atoms with Crippen molar-refractivity contribution in [2.75, 3.05) is 0 Å². The van der Waals surface area contributed by atoms with Gasteiger partial charge in [-0.2, -0.15) is 5.10 Å². The van der Waals surface area contributed by atoms with Gasteiger partial charge < -0.3 is 10.5 Å². The zero-order valence-electron chi connectivity index (χ0n) is 11.4. The molecule has 0 fully saturated rings. The van der Waals surface area contributed by atoms with Crippen molar-refractivity contribution < 1.29 is 4.74 Å². The van der Waals surface area contributed by atoms with Gasteiger partial charge in [0.15, 0.2) is 5.75 Å². The number of rotatable bonds is 3. The molecule has 6 heteroatoms. The summed E-state index contributed by atoms with van der Waals surface area (Å²) in [4.78, 5) is 4.62. The molecule has 0 saturated heterocycles. The summed E-state index contributed by atoms with van der Waals surface area (Å²) in [5.41, 5.74) is 8.89. The monoisotopic (exact) mass is 276 g/mol. The predicted molar refractivity (Wildman–Crippen MR) is 77.6 cm³/mol. The molecule has 2 N–H and O–H groups in total. The molecule has 0 saturated carbocycles. The number of nitrogens with zero attached hydrogens (tertiary/aromatic N) is 3. The Balaban J connectivity index is 2.48. The maximum absolute atomic E-state index is 5.87. The van der Waals surface area contributed by atoms with Gasteiger partial charge in [-0.3, -0.25) is 4.68 Å². The summed E-state index contributed by atoms with van der Waals surface area (Å²) < 4.78 is 7.64. The summed E-state index contributed by atoms with van der Waals surface area (Å²) in [6.07, 6.45) is 0. The fourth-order valence-corrected chi connectivity index (χ4v) is 1.95. The lowest BCUT2D eigenvalue weighted by Crippen LogP contribution is -2.12. The minimum atomic E-state index is 0.265. The first-order valence-electron chi connectivity index (χ1n) is 5.85. The topological polar surface area (TPSA) is 66.0 Å². The lowest BCUT2D eigenvalue weighted by Gasteiger charge is -2.10. The number of aromatic nitrogens is 3. The second-order valence-electron chi connectivity index (χ2n) is 4.40. The van der Waals surface area contributed by atoms with E-state index in [2.05, 4.69) is 10.1 Å². The summed E-state index contributed by atoms with van der Waals surface area (Å²) in [6, 6.07) is 3.67. The van der Waals surface area contributed by atoms with Crippen molar-refractivity contribution in [3.8, 4) is 11.6 Å². The van der Waals surface area contributed by atoms with E-state index in [4.69, 9.17) is 22.7 Å². The minimum Gasteiger partial charge on any atom is -0.434 e. The van der Waals surface area contributed by atoms with Crippen LogP contribution in [0.4, 0.5) is 0 Å². The van der Waals surface area contributed by atoms with Crippen molar-refractivity contribution in [2.45, 2.75) is 20.8 Å². The van der Waals surface area contributed by atoms with Gasteiger partial charge in [0, 0.05) is 12.7 Å². The highest BCUT2D eigenvalue weighted by Gasteiger charge is 2.16. The van der Waals surface area contributed by atoms with E-state index >= 15 is 0 Å². The second-order valence-corrected chi connectivity index (χ2v) is 4.84. The van der Waals surface area contributed by atoms with E-state index in [0.717, 1.165) is 17.1 Å². The van der Waals surface area contributed by atoms with E-state index in [-0.39, 0.29) is 4.99 Å². The first-order chi connectivity index (χ1) is 8.90. The third-order valence-electron chi connectivity index (χ3n) is 2.91. The van der Waals surface area contributed by atoms with Gasteiger partial charge in [-0.25, -0.2) is 4.98 Å². The van der Waals surface area contributed by atoms with Gasteiger partial charge in [0.25, 0.3) is 0 Å². The molecule has 0 unspecified atom stereocenters. The van der Waals surface area contributed by atoms with Crippen molar-refractivity contribution in [1.82, 2.24) is 14.8 Å². The van der Waals surface area contributed by atoms with Crippen LogP contribution in [0.3, 0.4) is 0 Å². The van der Waals surface area contributed by atoms with Crippen LogP contribution in [-0.4, -0.2) is 19.8 Å². The van der Waals surface area contributed by atoms with Crippen LogP contribution in [0, 0.1) is 20.8 Å². The fraction of sp³-hybridized carbons (Fsp3) is 0.308. The lowest BCUT2D eigenvalue weighted by atomic mass is 10.2. The zero-order chi connectivity index (χ0) is 14.2. The quantitative estimate of drug-likeness (QED) is 0.870. The van der Waals surface area contributed by atoms with Crippen LogP contribution in [0.5, 0.6) is 11.6 Å². The summed E-state index contributed by atoms with van der Waals surface area (Å²) in [5.74, 6) is 1.12. The Morgan fingerprint density at radius 3 is 2.53 bits per heavy atom. The van der Waals surface area contributed by atoms with Crippen molar-refractivity contribution in [3.05, 3.63) is 34.8 Å². The highest BCUT2D eigenvalue weighted by molar-refractivity contribution is 7.80. The average molecular weight is 276 g/mol. The molecule has 2 heterocycles. The molecule has 0 spiro atoms. The van der Waals surface area contributed by atoms with E-state index in [0.29, 0.717) is 17.2 Å². The average Bonchev–Trinajstić information content (AvgIpc) is 2.56. The number of pyridine rings is 1. The van der Waals surface area contributed by atoms with Gasteiger partial charge in [-0.05, 0) is 32.9 Å². The Labute approximate surface area is 117 Å². The maximum Gasteiger partial charge on any atom is 0.229 e. The third kappa shape index (κ3) is 2.58. The molecular formula is C13H16N4OS.